The van der Waals surface area contributed by atoms with Crippen LogP contribution in [-0.4, -0.2) is 26.4 Å². The number of rotatable bonds is 8. The standard InChI is InChI=1S/C24H19ClF2N4O2S/c1-15(33-21-10-6-5-9-19(21)27)23-29-30-24(31(23)17-7-3-2-4-8-17)34-14-22(32)28-20-12-11-16(26)13-18(20)25/h2-13,15H,14H2,1H3,(H,28,32). The summed E-state index contributed by atoms with van der Waals surface area (Å²) in [6, 6.07) is 19.2. The third kappa shape index (κ3) is 5.55. The number of carbonyl (C=O) groups is 1. The molecule has 6 nitrogen and oxygen atoms in total. The molecule has 1 heterocycles. The molecule has 0 aliphatic rings. The van der Waals surface area contributed by atoms with Crippen LogP contribution in [0.3, 0.4) is 0 Å². The molecule has 1 aromatic heterocycles. The molecule has 34 heavy (non-hydrogen) atoms. The average molecular weight is 501 g/mol. The summed E-state index contributed by atoms with van der Waals surface area (Å²) in [6.07, 6.45) is -0.634. The minimum Gasteiger partial charge on any atom is -0.480 e. The predicted octanol–water partition coefficient (Wildman–Crippen LogP) is 6.07. The smallest absolute Gasteiger partial charge is 0.234 e. The van der Waals surface area contributed by atoms with Crippen molar-refractivity contribution in [3.05, 3.63) is 95.3 Å². The second-order valence-corrected chi connectivity index (χ2v) is 8.51. The van der Waals surface area contributed by atoms with E-state index in [0.29, 0.717) is 16.7 Å². The molecule has 0 spiro atoms. The number of nitrogens with one attached hydrogen (secondary N) is 1. The van der Waals surface area contributed by atoms with Crippen molar-refractivity contribution in [1.82, 2.24) is 14.8 Å². The fraction of sp³-hybridized carbons (Fsp3) is 0.125. The van der Waals surface area contributed by atoms with Gasteiger partial charge < -0.3 is 10.1 Å². The Hall–Kier alpha value is -3.43. The quantitative estimate of drug-likeness (QED) is 0.297. The maximum absolute atomic E-state index is 14.1. The number of anilines is 1. The molecule has 0 aliphatic heterocycles. The van der Waals surface area contributed by atoms with Crippen molar-refractivity contribution in [3.63, 3.8) is 0 Å². The molecule has 10 heteroatoms. The number of thioether (sulfide) groups is 1. The van der Waals surface area contributed by atoms with E-state index in [-0.39, 0.29) is 22.4 Å². The minimum absolute atomic E-state index is 0.00121. The van der Waals surface area contributed by atoms with Gasteiger partial charge in [0.15, 0.2) is 28.7 Å². The fourth-order valence-electron chi connectivity index (χ4n) is 3.15. The number of carbonyl (C=O) groups excluding carboxylic acids is 1. The Bertz CT molecular complexity index is 1300. The monoisotopic (exact) mass is 500 g/mol. The van der Waals surface area contributed by atoms with E-state index < -0.39 is 17.7 Å². The summed E-state index contributed by atoms with van der Waals surface area (Å²) in [5.74, 6) is -0.778. The number of amides is 1. The first-order valence-corrected chi connectivity index (χ1v) is 11.6. The number of aromatic nitrogens is 3. The molecule has 0 bridgehead atoms. The third-order valence-corrected chi connectivity index (χ3v) is 5.96. The number of benzene rings is 3. The zero-order valence-electron chi connectivity index (χ0n) is 17.9. The van der Waals surface area contributed by atoms with E-state index in [0.717, 1.165) is 23.5 Å². The molecule has 4 aromatic rings. The summed E-state index contributed by atoms with van der Waals surface area (Å²) in [6.45, 7) is 1.74. The number of ether oxygens (including phenoxy) is 1. The third-order valence-electron chi connectivity index (χ3n) is 4.71. The molecule has 0 aliphatic carbocycles. The number of halogens is 3. The van der Waals surface area contributed by atoms with Gasteiger partial charge in [0.2, 0.25) is 5.91 Å². The molecule has 1 unspecified atom stereocenters. The summed E-state index contributed by atoms with van der Waals surface area (Å²) >= 11 is 7.14. The van der Waals surface area contributed by atoms with E-state index in [2.05, 4.69) is 15.5 Å². The van der Waals surface area contributed by atoms with Gasteiger partial charge in [0.1, 0.15) is 5.82 Å². The van der Waals surface area contributed by atoms with Crippen LogP contribution in [-0.2, 0) is 4.79 Å². The lowest BCUT2D eigenvalue weighted by Crippen LogP contribution is -2.15. The van der Waals surface area contributed by atoms with Gasteiger partial charge in [-0.15, -0.1) is 10.2 Å². The predicted molar refractivity (Wildman–Crippen MR) is 128 cm³/mol. The van der Waals surface area contributed by atoms with E-state index in [9.17, 15) is 13.6 Å². The summed E-state index contributed by atoms with van der Waals surface area (Å²) in [5, 5.41) is 11.7. The Morgan fingerprint density at radius 1 is 1.09 bits per heavy atom. The van der Waals surface area contributed by atoms with Crippen LogP contribution in [0.1, 0.15) is 18.9 Å². The molecule has 0 saturated heterocycles. The van der Waals surface area contributed by atoms with Crippen molar-refractivity contribution < 1.29 is 18.3 Å². The zero-order chi connectivity index (χ0) is 24.1. The first kappa shape index (κ1) is 23.7. The highest BCUT2D eigenvalue weighted by atomic mass is 35.5. The Kier molecular flexibility index (Phi) is 7.44. The van der Waals surface area contributed by atoms with Crippen LogP contribution in [0.2, 0.25) is 5.02 Å². The maximum Gasteiger partial charge on any atom is 0.234 e. The van der Waals surface area contributed by atoms with Crippen molar-refractivity contribution in [2.75, 3.05) is 11.1 Å². The highest BCUT2D eigenvalue weighted by molar-refractivity contribution is 7.99. The summed E-state index contributed by atoms with van der Waals surface area (Å²) in [4.78, 5) is 12.5. The van der Waals surface area contributed by atoms with Crippen LogP contribution in [0.15, 0.2) is 78.0 Å². The molecule has 174 valence electrons. The van der Waals surface area contributed by atoms with Crippen LogP contribution >= 0.6 is 23.4 Å². The normalized spacial score (nSPS) is 11.8. The minimum atomic E-state index is -0.634. The van der Waals surface area contributed by atoms with Gasteiger partial charge in [0.05, 0.1) is 16.5 Å². The molecule has 4 rings (SSSR count). The van der Waals surface area contributed by atoms with Crippen LogP contribution in [0.5, 0.6) is 5.75 Å². The topological polar surface area (TPSA) is 69.0 Å². The van der Waals surface area contributed by atoms with Crippen LogP contribution in [0, 0.1) is 11.6 Å². The Labute approximate surface area is 203 Å². The number of nitrogens with zero attached hydrogens (tertiary/aromatic N) is 3. The van der Waals surface area contributed by atoms with Gasteiger partial charge in [0, 0.05) is 5.69 Å². The highest BCUT2D eigenvalue weighted by Gasteiger charge is 2.22. The number of para-hydroxylation sites is 2. The first-order valence-electron chi connectivity index (χ1n) is 10.2. The van der Waals surface area contributed by atoms with Crippen LogP contribution in [0.25, 0.3) is 5.69 Å². The first-order chi connectivity index (χ1) is 16.4. The lowest BCUT2D eigenvalue weighted by molar-refractivity contribution is -0.113. The molecule has 0 saturated carbocycles. The molecule has 1 N–H and O–H groups in total. The van der Waals surface area contributed by atoms with Gasteiger partial charge >= 0.3 is 0 Å². The zero-order valence-corrected chi connectivity index (χ0v) is 19.5. The largest absolute Gasteiger partial charge is 0.480 e. The second kappa shape index (κ2) is 10.7. The van der Waals surface area contributed by atoms with Gasteiger partial charge in [-0.25, -0.2) is 8.78 Å². The van der Waals surface area contributed by atoms with Gasteiger partial charge in [-0.3, -0.25) is 9.36 Å². The molecule has 1 amide bonds. The van der Waals surface area contributed by atoms with E-state index in [1.807, 2.05) is 30.3 Å². The molecular formula is C24H19ClF2N4O2S. The summed E-state index contributed by atoms with van der Waals surface area (Å²) in [7, 11) is 0. The molecule has 0 fully saturated rings. The van der Waals surface area contributed by atoms with Gasteiger partial charge in [-0.2, -0.15) is 0 Å². The Morgan fingerprint density at radius 2 is 1.82 bits per heavy atom. The van der Waals surface area contributed by atoms with Gasteiger partial charge in [-0.05, 0) is 49.4 Å². The molecule has 0 radical (unpaired) electrons. The average Bonchev–Trinajstić information content (AvgIpc) is 3.26. The lowest BCUT2D eigenvalue weighted by Gasteiger charge is -2.17. The van der Waals surface area contributed by atoms with E-state index >= 15 is 0 Å². The number of hydrogen-bond acceptors (Lipinski definition) is 5. The SMILES string of the molecule is CC(Oc1ccccc1F)c1nnc(SCC(=O)Nc2ccc(F)cc2Cl)n1-c1ccccc1. The van der Waals surface area contributed by atoms with E-state index in [1.54, 1.807) is 23.6 Å². The Morgan fingerprint density at radius 3 is 2.56 bits per heavy atom. The van der Waals surface area contributed by atoms with Crippen molar-refractivity contribution >= 4 is 35.0 Å². The lowest BCUT2D eigenvalue weighted by atomic mass is 10.3. The Balaban J connectivity index is 1.55. The van der Waals surface area contributed by atoms with Crippen molar-refractivity contribution in [3.8, 4) is 11.4 Å². The van der Waals surface area contributed by atoms with E-state index in [1.165, 1.54) is 24.3 Å². The number of hydrogen-bond donors (Lipinski definition) is 1. The van der Waals surface area contributed by atoms with Crippen molar-refractivity contribution in [2.45, 2.75) is 18.2 Å². The second-order valence-electron chi connectivity index (χ2n) is 7.16. The fourth-order valence-corrected chi connectivity index (χ4v) is 4.12. The summed E-state index contributed by atoms with van der Waals surface area (Å²) < 4.78 is 34.9. The van der Waals surface area contributed by atoms with Crippen molar-refractivity contribution in [1.29, 1.82) is 0 Å². The van der Waals surface area contributed by atoms with Gasteiger partial charge in [-0.1, -0.05) is 53.7 Å². The maximum atomic E-state index is 14.1. The summed E-state index contributed by atoms with van der Waals surface area (Å²) in [5.41, 5.74) is 1.07. The van der Waals surface area contributed by atoms with Gasteiger partial charge in [0.25, 0.3) is 0 Å². The van der Waals surface area contributed by atoms with Crippen molar-refractivity contribution in [2.24, 2.45) is 0 Å². The van der Waals surface area contributed by atoms with E-state index in [4.69, 9.17) is 16.3 Å². The van der Waals surface area contributed by atoms with Crippen LogP contribution < -0.4 is 10.1 Å². The molecule has 1 atom stereocenters. The molecule has 3 aromatic carbocycles. The molecular weight excluding hydrogens is 482 g/mol. The van der Waals surface area contributed by atoms with Crippen LogP contribution in [0.4, 0.5) is 14.5 Å². The highest BCUT2D eigenvalue weighted by Crippen LogP contribution is 2.29.